The number of amides is 1. The molecule has 2 unspecified atom stereocenters. The molecule has 1 saturated heterocycles. The number of sulfonamides is 1. The van der Waals surface area contributed by atoms with E-state index in [2.05, 4.69) is 5.32 Å². The lowest BCUT2D eigenvalue weighted by atomic mass is 10.1. The van der Waals surface area contributed by atoms with Gasteiger partial charge >= 0.3 is 0 Å². The van der Waals surface area contributed by atoms with E-state index in [1.54, 1.807) is 36.4 Å². The number of amidine groups is 1. The average molecular weight is 433 g/mol. The highest BCUT2D eigenvalue weighted by Gasteiger charge is 2.36. The first-order chi connectivity index (χ1) is 14.2. The number of nitrogens with zero attached hydrogens (tertiary/aromatic N) is 1. The van der Waals surface area contributed by atoms with E-state index in [1.807, 2.05) is 6.92 Å². The number of ether oxygens (including phenoxy) is 1. The van der Waals surface area contributed by atoms with Gasteiger partial charge in [-0.05, 0) is 43.3 Å². The molecule has 30 heavy (non-hydrogen) atoms. The number of hydrogen-bond donors (Lipinski definition) is 4. The second kappa shape index (κ2) is 8.92. The molecule has 3 rings (SSSR count). The molecule has 0 spiro atoms. The van der Waals surface area contributed by atoms with Crippen LogP contribution in [0.2, 0.25) is 0 Å². The molecule has 1 fully saturated rings. The van der Waals surface area contributed by atoms with Crippen LogP contribution in [0.15, 0.2) is 53.4 Å². The van der Waals surface area contributed by atoms with Gasteiger partial charge in [0.2, 0.25) is 10.0 Å². The second-order valence-electron chi connectivity index (χ2n) is 7.01. The van der Waals surface area contributed by atoms with Crippen molar-refractivity contribution in [1.82, 2.24) is 4.31 Å². The van der Waals surface area contributed by atoms with Crippen molar-refractivity contribution in [2.45, 2.75) is 24.0 Å². The topological polar surface area (TPSA) is 146 Å². The number of benzene rings is 2. The third kappa shape index (κ3) is 4.85. The predicted octanol–water partition coefficient (Wildman–Crippen LogP) is 0.668. The molecule has 0 aromatic heterocycles. The maximum Gasteiger partial charge on any atom is 0.255 e. The Bertz CT molecular complexity index is 1020. The number of morpholine rings is 1. The lowest BCUT2D eigenvalue weighted by Crippen LogP contribution is -2.52. The zero-order chi connectivity index (χ0) is 21.9. The number of anilines is 1. The first kappa shape index (κ1) is 21.9. The normalized spacial score (nSPS) is 18.5. The molecule has 160 valence electrons. The van der Waals surface area contributed by atoms with Gasteiger partial charge in [-0.3, -0.25) is 10.2 Å². The van der Waals surface area contributed by atoms with Crippen LogP contribution in [-0.4, -0.2) is 61.5 Å². The zero-order valence-electron chi connectivity index (χ0n) is 16.4. The zero-order valence-corrected chi connectivity index (χ0v) is 17.2. The Morgan fingerprint density at radius 3 is 2.47 bits per heavy atom. The van der Waals surface area contributed by atoms with E-state index in [0.29, 0.717) is 11.3 Å². The van der Waals surface area contributed by atoms with Gasteiger partial charge in [0.25, 0.3) is 5.91 Å². The first-order valence-corrected chi connectivity index (χ1v) is 10.7. The van der Waals surface area contributed by atoms with Crippen LogP contribution in [0.5, 0.6) is 0 Å². The van der Waals surface area contributed by atoms with Crippen LogP contribution in [0.3, 0.4) is 0 Å². The minimum Gasteiger partial charge on any atom is -0.384 e. The molecule has 10 heteroatoms. The van der Waals surface area contributed by atoms with Crippen molar-refractivity contribution in [2.24, 2.45) is 5.73 Å². The van der Waals surface area contributed by atoms with Crippen molar-refractivity contribution >= 4 is 27.5 Å². The molecule has 1 aliphatic rings. The van der Waals surface area contributed by atoms with Gasteiger partial charge in [-0.1, -0.05) is 17.7 Å². The lowest BCUT2D eigenvalue weighted by Gasteiger charge is -2.34. The molecule has 2 aromatic rings. The summed E-state index contributed by atoms with van der Waals surface area (Å²) in [5.41, 5.74) is 7.24. The number of carbonyl (C=O) groups excluding carboxylic acids is 1. The summed E-state index contributed by atoms with van der Waals surface area (Å²) >= 11 is 0. The Morgan fingerprint density at radius 1 is 1.23 bits per heavy atom. The van der Waals surface area contributed by atoms with Crippen LogP contribution in [0.4, 0.5) is 5.69 Å². The first-order valence-electron chi connectivity index (χ1n) is 9.30. The number of nitrogens with two attached hydrogens (primary N) is 1. The molecule has 0 aliphatic carbocycles. The standard InChI is InChI=1S/C20H24N4O5S/c1-13-2-8-16(9-3-13)30(27,28)24-10-11-29-17(12-24)18(25)20(26)23-15-6-4-14(5-7-15)19(21)22/h2-9,17-18,25H,10-12H2,1H3,(H3,21,22)(H,23,26). The molecule has 0 saturated carbocycles. The number of nitrogen functional groups attached to an aromatic ring is 1. The highest BCUT2D eigenvalue weighted by molar-refractivity contribution is 7.89. The summed E-state index contributed by atoms with van der Waals surface area (Å²) in [6.07, 6.45) is -2.57. The molecule has 1 aliphatic heterocycles. The average Bonchev–Trinajstić information content (AvgIpc) is 2.74. The molecule has 0 bridgehead atoms. The number of aliphatic hydroxyl groups excluding tert-OH is 1. The van der Waals surface area contributed by atoms with Gasteiger partial charge in [0, 0.05) is 24.3 Å². The van der Waals surface area contributed by atoms with Gasteiger partial charge in [-0.25, -0.2) is 8.42 Å². The largest absolute Gasteiger partial charge is 0.384 e. The molecular weight excluding hydrogens is 408 g/mol. The number of nitrogens with one attached hydrogen (secondary N) is 2. The summed E-state index contributed by atoms with van der Waals surface area (Å²) in [7, 11) is -3.76. The van der Waals surface area contributed by atoms with Crippen molar-refractivity contribution in [1.29, 1.82) is 5.41 Å². The van der Waals surface area contributed by atoms with Crippen molar-refractivity contribution in [3.63, 3.8) is 0 Å². The summed E-state index contributed by atoms with van der Waals surface area (Å²) in [4.78, 5) is 12.6. The molecule has 1 heterocycles. The van der Waals surface area contributed by atoms with Crippen LogP contribution in [-0.2, 0) is 19.6 Å². The monoisotopic (exact) mass is 432 g/mol. The molecule has 1 amide bonds. The molecular formula is C20H24N4O5S. The summed E-state index contributed by atoms with van der Waals surface area (Å²) in [5, 5.41) is 20.3. The van der Waals surface area contributed by atoms with Crippen molar-refractivity contribution in [3.8, 4) is 0 Å². The molecule has 9 nitrogen and oxygen atoms in total. The van der Waals surface area contributed by atoms with Gasteiger partial charge in [-0.15, -0.1) is 0 Å². The Kier molecular flexibility index (Phi) is 6.52. The Labute approximate surface area is 175 Å². The van der Waals surface area contributed by atoms with Crippen LogP contribution >= 0.6 is 0 Å². The highest BCUT2D eigenvalue weighted by Crippen LogP contribution is 2.21. The van der Waals surface area contributed by atoms with Crippen LogP contribution in [0.1, 0.15) is 11.1 Å². The van der Waals surface area contributed by atoms with E-state index in [-0.39, 0.29) is 30.4 Å². The van der Waals surface area contributed by atoms with Gasteiger partial charge < -0.3 is 20.9 Å². The van der Waals surface area contributed by atoms with E-state index in [4.69, 9.17) is 15.9 Å². The minimum absolute atomic E-state index is 0.0629. The summed E-state index contributed by atoms with van der Waals surface area (Å²) in [6, 6.07) is 12.7. The smallest absolute Gasteiger partial charge is 0.255 e. The van der Waals surface area contributed by atoms with E-state index in [9.17, 15) is 18.3 Å². The van der Waals surface area contributed by atoms with E-state index in [0.717, 1.165) is 5.56 Å². The van der Waals surface area contributed by atoms with E-state index >= 15 is 0 Å². The summed E-state index contributed by atoms with van der Waals surface area (Å²) in [6.45, 7) is 1.92. The fourth-order valence-corrected chi connectivity index (χ4v) is 4.47. The van der Waals surface area contributed by atoms with Gasteiger partial charge in [0.05, 0.1) is 11.5 Å². The quantitative estimate of drug-likeness (QED) is 0.390. The van der Waals surface area contributed by atoms with Crippen LogP contribution < -0.4 is 11.1 Å². The predicted molar refractivity (Wildman–Crippen MR) is 112 cm³/mol. The van der Waals surface area contributed by atoms with Crippen molar-refractivity contribution in [2.75, 3.05) is 25.0 Å². The van der Waals surface area contributed by atoms with Crippen molar-refractivity contribution < 1.29 is 23.1 Å². The highest BCUT2D eigenvalue weighted by atomic mass is 32.2. The van der Waals surface area contributed by atoms with E-state index in [1.165, 1.54) is 16.4 Å². The molecule has 0 radical (unpaired) electrons. The fraction of sp³-hybridized carbons (Fsp3) is 0.300. The van der Waals surface area contributed by atoms with Gasteiger partial charge in [-0.2, -0.15) is 4.31 Å². The Hall–Kier alpha value is -2.79. The van der Waals surface area contributed by atoms with Crippen LogP contribution in [0, 0.1) is 12.3 Å². The molecule has 2 aromatic carbocycles. The number of carbonyl (C=O) groups is 1. The second-order valence-corrected chi connectivity index (χ2v) is 8.95. The number of aliphatic hydroxyl groups is 1. The van der Waals surface area contributed by atoms with Gasteiger partial charge in [0.1, 0.15) is 11.9 Å². The Balaban J connectivity index is 1.67. The SMILES string of the molecule is Cc1ccc(S(=O)(=O)N2CCOC(C(O)C(=O)Nc3ccc(C(=N)N)cc3)C2)cc1. The Morgan fingerprint density at radius 2 is 1.87 bits per heavy atom. The third-order valence-corrected chi connectivity index (χ3v) is 6.68. The maximum absolute atomic E-state index is 12.9. The number of hydrogen-bond acceptors (Lipinski definition) is 6. The summed E-state index contributed by atoms with van der Waals surface area (Å²) < 4.78 is 32.4. The number of rotatable bonds is 6. The maximum atomic E-state index is 12.9. The number of aryl methyl sites for hydroxylation is 1. The van der Waals surface area contributed by atoms with Crippen molar-refractivity contribution in [3.05, 3.63) is 59.7 Å². The lowest BCUT2D eigenvalue weighted by molar-refractivity contribution is -0.136. The third-order valence-electron chi connectivity index (χ3n) is 4.80. The summed E-state index contributed by atoms with van der Waals surface area (Å²) in [5.74, 6) is -0.816. The molecule has 5 N–H and O–H groups in total. The molecule has 2 atom stereocenters. The van der Waals surface area contributed by atoms with E-state index < -0.39 is 28.1 Å². The minimum atomic E-state index is -3.76. The van der Waals surface area contributed by atoms with Gasteiger partial charge in [0.15, 0.2) is 6.10 Å². The fourth-order valence-electron chi connectivity index (χ4n) is 3.04. The van der Waals surface area contributed by atoms with Crippen LogP contribution in [0.25, 0.3) is 0 Å².